The van der Waals surface area contributed by atoms with Crippen molar-refractivity contribution >= 4 is 17.5 Å². The van der Waals surface area contributed by atoms with Gasteiger partial charge in [-0.15, -0.1) is 0 Å². The molecule has 2 atom stereocenters. The van der Waals surface area contributed by atoms with Crippen molar-refractivity contribution in [2.45, 2.75) is 18.9 Å². The third kappa shape index (κ3) is 3.93. The van der Waals surface area contributed by atoms with Gasteiger partial charge in [-0.1, -0.05) is 18.2 Å². The number of amides is 2. The van der Waals surface area contributed by atoms with Gasteiger partial charge in [0.1, 0.15) is 5.75 Å². The number of nitrogens with one attached hydrogen (secondary N) is 1. The van der Waals surface area contributed by atoms with Crippen LogP contribution in [-0.4, -0.2) is 30.9 Å². The number of likely N-dealkylation sites (tertiary alicyclic amines) is 1. The molecule has 1 fully saturated rings. The highest BCUT2D eigenvalue weighted by Crippen LogP contribution is 2.37. The van der Waals surface area contributed by atoms with Crippen molar-refractivity contribution in [3.05, 3.63) is 59.7 Å². The number of methoxy groups -OCH3 is 1. The van der Waals surface area contributed by atoms with Crippen molar-refractivity contribution in [3.63, 3.8) is 0 Å². The van der Waals surface area contributed by atoms with Crippen molar-refractivity contribution < 1.29 is 14.3 Å². The number of piperidine rings is 1. The number of rotatable bonds is 4. The Bertz CT molecular complexity index is 886. The summed E-state index contributed by atoms with van der Waals surface area (Å²) in [6.07, 6.45) is 0.809. The van der Waals surface area contributed by atoms with Crippen molar-refractivity contribution in [1.29, 1.82) is 5.26 Å². The molecule has 2 unspecified atom stereocenters. The summed E-state index contributed by atoms with van der Waals surface area (Å²) in [4.78, 5) is 26.9. The smallest absolute Gasteiger partial charge is 0.229 e. The standard InChI is InChI=1S/C21H21N3O3/c1-24-19(25)11-10-18(20(24)15-6-8-17(27-2)9-7-15)21(26)23-16-5-3-4-14(12-16)13-22/h3-9,12,18,20H,10-11H2,1-2H3,(H,23,26). The first-order valence-corrected chi connectivity index (χ1v) is 8.74. The molecule has 6 heteroatoms. The first-order valence-electron chi connectivity index (χ1n) is 8.74. The van der Waals surface area contributed by atoms with Crippen LogP contribution in [0.15, 0.2) is 48.5 Å². The summed E-state index contributed by atoms with van der Waals surface area (Å²) < 4.78 is 5.19. The van der Waals surface area contributed by atoms with Crippen LogP contribution in [0.4, 0.5) is 5.69 Å². The molecule has 2 amide bonds. The number of hydrogen-bond acceptors (Lipinski definition) is 4. The van der Waals surface area contributed by atoms with E-state index in [0.29, 0.717) is 24.1 Å². The molecule has 1 saturated heterocycles. The Balaban J connectivity index is 1.87. The summed E-state index contributed by atoms with van der Waals surface area (Å²) in [5.74, 6) is 0.196. The predicted molar refractivity (Wildman–Crippen MR) is 101 cm³/mol. The zero-order valence-corrected chi connectivity index (χ0v) is 15.3. The predicted octanol–water partition coefficient (Wildman–Crippen LogP) is 3.12. The molecular formula is C21H21N3O3. The first kappa shape index (κ1) is 18.5. The van der Waals surface area contributed by atoms with Crippen molar-refractivity contribution in [1.82, 2.24) is 4.90 Å². The number of anilines is 1. The topological polar surface area (TPSA) is 82.4 Å². The van der Waals surface area contributed by atoms with E-state index in [9.17, 15) is 9.59 Å². The third-order valence-electron chi connectivity index (χ3n) is 4.91. The molecule has 0 aromatic heterocycles. The number of ether oxygens (including phenoxy) is 1. The van der Waals surface area contributed by atoms with Crippen LogP contribution in [0.1, 0.15) is 30.0 Å². The van der Waals surface area contributed by atoms with Gasteiger partial charge in [-0.25, -0.2) is 0 Å². The van der Waals surface area contributed by atoms with Gasteiger partial charge in [0.25, 0.3) is 0 Å². The van der Waals surface area contributed by atoms with Gasteiger partial charge in [0, 0.05) is 19.2 Å². The third-order valence-corrected chi connectivity index (χ3v) is 4.91. The quantitative estimate of drug-likeness (QED) is 0.905. The Labute approximate surface area is 158 Å². The Morgan fingerprint density at radius 3 is 2.67 bits per heavy atom. The second kappa shape index (κ2) is 7.92. The monoisotopic (exact) mass is 363 g/mol. The SMILES string of the molecule is COc1ccc(C2C(C(=O)Nc3cccc(C#N)c3)CCC(=O)N2C)cc1. The molecule has 27 heavy (non-hydrogen) atoms. The van der Waals surface area contributed by atoms with E-state index >= 15 is 0 Å². The molecule has 1 heterocycles. The molecule has 2 aromatic rings. The van der Waals surface area contributed by atoms with E-state index in [2.05, 4.69) is 11.4 Å². The van der Waals surface area contributed by atoms with Crippen LogP contribution in [0, 0.1) is 17.2 Å². The maximum absolute atomic E-state index is 13.0. The summed E-state index contributed by atoms with van der Waals surface area (Å²) in [5.41, 5.74) is 1.94. The molecule has 6 nitrogen and oxygen atoms in total. The number of carbonyl (C=O) groups is 2. The molecule has 0 bridgehead atoms. The fraction of sp³-hybridized carbons (Fsp3) is 0.286. The van der Waals surface area contributed by atoms with Gasteiger partial charge in [-0.3, -0.25) is 9.59 Å². The van der Waals surface area contributed by atoms with Crippen LogP contribution in [0.2, 0.25) is 0 Å². The number of benzene rings is 2. The Morgan fingerprint density at radius 1 is 1.26 bits per heavy atom. The normalized spacial score (nSPS) is 19.3. The van der Waals surface area contributed by atoms with Crippen LogP contribution >= 0.6 is 0 Å². The van der Waals surface area contributed by atoms with Gasteiger partial charge in [0.2, 0.25) is 11.8 Å². The lowest BCUT2D eigenvalue weighted by molar-refractivity contribution is -0.140. The molecule has 3 rings (SSSR count). The molecule has 0 spiro atoms. The van der Waals surface area contributed by atoms with Crippen molar-refractivity contribution in [2.75, 3.05) is 19.5 Å². The number of carbonyl (C=O) groups excluding carboxylic acids is 2. The lowest BCUT2D eigenvalue weighted by Crippen LogP contribution is -2.44. The lowest BCUT2D eigenvalue weighted by Gasteiger charge is -2.38. The van der Waals surface area contributed by atoms with E-state index in [1.165, 1.54) is 0 Å². The Kier molecular flexibility index (Phi) is 5.41. The van der Waals surface area contributed by atoms with E-state index in [1.807, 2.05) is 24.3 Å². The summed E-state index contributed by atoms with van der Waals surface area (Å²) in [6, 6.07) is 15.9. The van der Waals surface area contributed by atoms with Crippen LogP contribution in [0.3, 0.4) is 0 Å². The molecule has 1 N–H and O–H groups in total. The molecule has 2 aromatic carbocycles. The van der Waals surface area contributed by atoms with Gasteiger partial charge >= 0.3 is 0 Å². The van der Waals surface area contributed by atoms with Crippen molar-refractivity contribution in [2.24, 2.45) is 5.92 Å². The first-order chi connectivity index (χ1) is 13.0. The average Bonchev–Trinajstić information content (AvgIpc) is 2.70. The number of hydrogen-bond donors (Lipinski definition) is 1. The van der Waals surface area contributed by atoms with E-state index < -0.39 is 0 Å². The second-order valence-corrected chi connectivity index (χ2v) is 6.55. The highest BCUT2D eigenvalue weighted by molar-refractivity contribution is 5.94. The average molecular weight is 363 g/mol. The van der Waals surface area contributed by atoms with E-state index in [1.54, 1.807) is 43.3 Å². The van der Waals surface area contributed by atoms with E-state index in [4.69, 9.17) is 10.00 Å². The van der Waals surface area contributed by atoms with Gasteiger partial charge in [0.15, 0.2) is 0 Å². The maximum Gasteiger partial charge on any atom is 0.229 e. The Hall–Kier alpha value is -3.33. The number of nitriles is 1. The van der Waals surface area contributed by atoms with Crippen molar-refractivity contribution in [3.8, 4) is 11.8 Å². The molecule has 1 aliphatic rings. The highest BCUT2D eigenvalue weighted by atomic mass is 16.5. The van der Waals surface area contributed by atoms with E-state index in [0.717, 1.165) is 11.3 Å². The van der Waals surface area contributed by atoms with Gasteiger partial charge in [-0.2, -0.15) is 5.26 Å². The summed E-state index contributed by atoms with van der Waals surface area (Å²) in [6.45, 7) is 0. The number of nitrogens with zero attached hydrogens (tertiary/aromatic N) is 2. The van der Waals surface area contributed by atoms with E-state index in [-0.39, 0.29) is 23.8 Å². The van der Waals surface area contributed by atoms with Gasteiger partial charge in [0.05, 0.1) is 30.7 Å². The largest absolute Gasteiger partial charge is 0.497 e. The minimum Gasteiger partial charge on any atom is -0.497 e. The fourth-order valence-electron chi connectivity index (χ4n) is 3.47. The van der Waals surface area contributed by atoms with Crippen LogP contribution in [0.25, 0.3) is 0 Å². The lowest BCUT2D eigenvalue weighted by atomic mass is 9.84. The maximum atomic E-state index is 13.0. The van der Waals surface area contributed by atoms with Crippen LogP contribution < -0.4 is 10.1 Å². The molecule has 0 radical (unpaired) electrons. The zero-order chi connectivity index (χ0) is 19.4. The molecule has 0 saturated carbocycles. The van der Waals surface area contributed by atoms with Gasteiger partial charge < -0.3 is 15.0 Å². The summed E-state index contributed by atoms with van der Waals surface area (Å²) >= 11 is 0. The highest BCUT2D eigenvalue weighted by Gasteiger charge is 2.38. The Morgan fingerprint density at radius 2 is 2.00 bits per heavy atom. The zero-order valence-electron chi connectivity index (χ0n) is 15.3. The summed E-state index contributed by atoms with van der Waals surface area (Å²) in [5, 5.41) is 11.9. The molecule has 138 valence electrons. The minimum absolute atomic E-state index is 0.0198. The molecular weight excluding hydrogens is 342 g/mol. The summed E-state index contributed by atoms with van der Waals surface area (Å²) in [7, 11) is 3.32. The fourth-order valence-corrected chi connectivity index (χ4v) is 3.47. The van der Waals surface area contributed by atoms with Crippen LogP contribution in [0.5, 0.6) is 5.75 Å². The second-order valence-electron chi connectivity index (χ2n) is 6.55. The van der Waals surface area contributed by atoms with Crippen LogP contribution in [-0.2, 0) is 9.59 Å². The minimum atomic E-state index is -0.383. The van der Waals surface area contributed by atoms with Gasteiger partial charge in [-0.05, 0) is 42.3 Å². The molecule has 1 aliphatic heterocycles. The molecule has 0 aliphatic carbocycles.